The molecule has 5 nitrogen and oxygen atoms in total. The summed E-state index contributed by atoms with van der Waals surface area (Å²) < 4.78 is 0. The van der Waals surface area contributed by atoms with Gasteiger partial charge in [0.1, 0.15) is 5.54 Å². The second kappa shape index (κ2) is 4.53. The summed E-state index contributed by atoms with van der Waals surface area (Å²) in [7, 11) is 0. The van der Waals surface area contributed by atoms with Crippen LogP contribution in [0, 0.1) is 5.41 Å². The van der Waals surface area contributed by atoms with Gasteiger partial charge in [0.15, 0.2) is 0 Å². The summed E-state index contributed by atoms with van der Waals surface area (Å²) in [5, 5.41) is 15.2. The minimum Gasteiger partial charge on any atom is -0.480 e. The van der Waals surface area contributed by atoms with Crippen LogP contribution in [0.2, 0.25) is 0 Å². The minimum absolute atomic E-state index is 0.119. The van der Waals surface area contributed by atoms with Gasteiger partial charge < -0.3 is 15.7 Å². The molecule has 1 aliphatic heterocycles. The molecule has 18 heavy (non-hydrogen) atoms. The van der Waals surface area contributed by atoms with E-state index in [0.29, 0.717) is 12.8 Å². The molecule has 0 spiro atoms. The molecule has 102 valence electrons. The Morgan fingerprint density at radius 1 is 1.22 bits per heavy atom. The standard InChI is InChI=1S/C13H22N2O3/c1-12(2)5-4-8-14-9(12)10(16)15-13(11(17)18)6-3-7-13/h9,14H,3-8H2,1-2H3,(H,15,16)(H,17,18). The van der Waals surface area contributed by atoms with E-state index in [4.69, 9.17) is 0 Å². The van der Waals surface area contributed by atoms with Crippen LogP contribution in [0.1, 0.15) is 46.0 Å². The summed E-state index contributed by atoms with van der Waals surface area (Å²) in [6.45, 7) is 4.93. The molecule has 5 heteroatoms. The molecule has 1 heterocycles. The van der Waals surface area contributed by atoms with Crippen LogP contribution in [-0.2, 0) is 9.59 Å². The van der Waals surface area contributed by atoms with Gasteiger partial charge in [-0.05, 0) is 44.1 Å². The van der Waals surface area contributed by atoms with Gasteiger partial charge in [0.25, 0.3) is 0 Å². The van der Waals surface area contributed by atoms with Gasteiger partial charge in [0.2, 0.25) is 5.91 Å². The van der Waals surface area contributed by atoms with Crippen molar-refractivity contribution in [3.8, 4) is 0 Å². The van der Waals surface area contributed by atoms with Crippen LogP contribution in [0.3, 0.4) is 0 Å². The molecular formula is C13H22N2O3. The predicted molar refractivity (Wildman–Crippen MR) is 67.2 cm³/mol. The first kappa shape index (κ1) is 13.3. The van der Waals surface area contributed by atoms with Crippen LogP contribution < -0.4 is 10.6 Å². The van der Waals surface area contributed by atoms with Gasteiger partial charge >= 0.3 is 5.97 Å². The number of amides is 1. The lowest BCUT2D eigenvalue weighted by Gasteiger charge is -2.43. The van der Waals surface area contributed by atoms with Crippen molar-refractivity contribution in [3.63, 3.8) is 0 Å². The Balaban J connectivity index is 2.05. The molecule has 2 fully saturated rings. The van der Waals surface area contributed by atoms with Crippen molar-refractivity contribution in [2.45, 2.75) is 57.5 Å². The third-order valence-corrected chi connectivity index (χ3v) is 4.37. The third kappa shape index (κ3) is 2.23. The van der Waals surface area contributed by atoms with Crippen molar-refractivity contribution in [3.05, 3.63) is 0 Å². The van der Waals surface area contributed by atoms with Gasteiger partial charge in [-0.2, -0.15) is 0 Å². The zero-order valence-electron chi connectivity index (χ0n) is 11.1. The minimum atomic E-state index is -1.01. The smallest absolute Gasteiger partial charge is 0.329 e. The summed E-state index contributed by atoms with van der Waals surface area (Å²) >= 11 is 0. The van der Waals surface area contributed by atoms with E-state index < -0.39 is 11.5 Å². The summed E-state index contributed by atoms with van der Waals surface area (Å²) in [5.41, 5.74) is -1.13. The molecular weight excluding hydrogens is 232 g/mol. The van der Waals surface area contributed by atoms with E-state index in [9.17, 15) is 14.7 Å². The van der Waals surface area contributed by atoms with Gasteiger partial charge in [-0.1, -0.05) is 13.8 Å². The van der Waals surface area contributed by atoms with Crippen LogP contribution in [0.5, 0.6) is 0 Å². The van der Waals surface area contributed by atoms with Crippen molar-refractivity contribution in [2.24, 2.45) is 5.41 Å². The van der Waals surface area contributed by atoms with Gasteiger partial charge in [-0.3, -0.25) is 4.79 Å². The maximum atomic E-state index is 12.3. The number of hydrogen-bond acceptors (Lipinski definition) is 3. The van der Waals surface area contributed by atoms with Crippen molar-refractivity contribution in [2.75, 3.05) is 6.54 Å². The topological polar surface area (TPSA) is 78.4 Å². The fourth-order valence-corrected chi connectivity index (χ4v) is 2.89. The Labute approximate surface area is 107 Å². The summed E-state index contributed by atoms with van der Waals surface area (Å²) in [4.78, 5) is 23.5. The first-order chi connectivity index (χ1) is 8.37. The number of aliphatic carboxylic acids is 1. The quantitative estimate of drug-likeness (QED) is 0.699. The molecule has 1 atom stereocenters. The summed E-state index contributed by atoms with van der Waals surface area (Å²) in [6, 6.07) is -0.289. The molecule has 0 bridgehead atoms. The Bertz CT molecular complexity index is 361. The molecule has 0 radical (unpaired) electrons. The second-order valence-electron chi connectivity index (χ2n) is 6.21. The second-order valence-corrected chi connectivity index (χ2v) is 6.21. The Kier molecular flexibility index (Phi) is 3.36. The fourth-order valence-electron chi connectivity index (χ4n) is 2.89. The number of rotatable bonds is 3. The predicted octanol–water partition coefficient (Wildman–Crippen LogP) is 0.888. The average molecular weight is 254 g/mol. The zero-order valence-corrected chi connectivity index (χ0v) is 11.1. The van der Waals surface area contributed by atoms with Crippen LogP contribution >= 0.6 is 0 Å². The first-order valence-electron chi connectivity index (χ1n) is 6.66. The Morgan fingerprint density at radius 2 is 1.89 bits per heavy atom. The van der Waals surface area contributed by atoms with Crippen molar-refractivity contribution in [1.82, 2.24) is 10.6 Å². The third-order valence-electron chi connectivity index (χ3n) is 4.37. The molecule has 2 aliphatic rings. The van der Waals surface area contributed by atoms with E-state index in [1.807, 2.05) is 0 Å². The van der Waals surface area contributed by atoms with Crippen molar-refractivity contribution < 1.29 is 14.7 Å². The molecule has 0 aromatic carbocycles. The van der Waals surface area contributed by atoms with Gasteiger partial charge in [0.05, 0.1) is 6.04 Å². The van der Waals surface area contributed by atoms with Crippen molar-refractivity contribution in [1.29, 1.82) is 0 Å². The summed E-state index contributed by atoms with van der Waals surface area (Å²) in [5.74, 6) is -1.07. The van der Waals surface area contributed by atoms with Crippen LogP contribution in [0.25, 0.3) is 0 Å². The first-order valence-corrected chi connectivity index (χ1v) is 6.66. The van der Waals surface area contributed by atoms with Gasteiger partial charge in [-0.15, -0.1) is 0 Å². The lowest BCUT2D eigenvalue weighted by Crippen LogP contribution is -2.65. The molecule has 0 aromatic heterocycles. The normalized spacial score (nSPS) is 29.1. The maximum absolute atomic E-state index is 12.3. The molecule has 3 N–H and O–H groups in total. The van der Waals surface area contributed by atoms with Crippen LogP contribution in [0.15, 0.2) is 0 Å². The number of carboxylic acid groups (broad SMARTS) is 1. The van der Waals surface area contributed by atoms with Gasteiger partial charge in [0, 0.05) is 0 Å². The molecule has 1 saturated heterocycles. The molecule has 1 unspecified atom stereocenters. The lowest BCUT2D eigenvalue weighted by atomic mass is 9.74. The number of piperidine rings is 1. The highest BCUT2D eigenvalue weighted by atomic mass is 16.4. The fraction of sp³-hybridized carbons (Fsp3) is 0.846. The van der Waals surface area contributed by atoms with E-state index in [0.717, 1.165) is 25.8 Å². The zero-order chi connectivity index (χ0) is 13.4. The monoisotopic (exact) mass is 254 g/mol. The van der Waals surface area contributed by atoms with E-state index in [2.05, 4.69) is 24.5 Å². The van der Waals surface area contributed by atoms with Crippen molar-refractivity contribution >= 4 is 11.9 Å². The highest BCUT2D eigenvalue weighted by Gasteiger charge is 2.48. The van der Waals surface area contributed by atoms with Crippen LogP contribution in [0.4, 0.5) is 0 Å². The molecule has 1 aliphatic carbocycles. The Morgan fingerprint density at radius 3 is 2.33 bits per heavy atom. The molecule has 1 amide bonds. The van der Waals surface area contributed by atoms with E-state index in [-0.39, 0.29) is 17.4 Å². The highest BCUT2D eigenvalue weighted by molar-refractivity contribution is 5.90. The summed E-state index contributed by atoms with van der Waals surface area (Å²) in [6.07, 6.45) is 4.00. The largest absolute Gasteiger partial charge is 0.480 e. The number of nitrogens with one attached hydrogen (secondary N) is 2. The van der Waals surface area contributed by atoms with Gasteiger partial charge in [-0.25, -0.2) is 4.79 Å². The van der Waals surface area contributed by atoms with E-state index in [1.54, 1.807) is 0 Å². The average Bonchev–Trinajstić information content (AvgIpc) is 2.21. The number of carboxylic acids is 1. The maximum Gasteiger partial charge on any atom is 0.329 e. The van der Waals surface area contributed by atoms with E-state index >= 15 is 0 Å². The molecule has 2 rings (SSSR count). The number of hydrogen-bond donors (Lipinski definition) is 3. The molecule has 1 saturated carbocycles. The Hall–Kier alpha value is -1.10. The van der Waals surface area contributed by atoms with Crippen LogP contribution in [-0.4, -0.2) is 35.1 Å². The number of carbonyl (C=O) groups is 2. The van der Waals surface area contributed by atoms with E-state index in [1.165, 1.54) is 0 Å². The highest BCUT2D eigenvalue weighted by Crippen LogP contribution is 2.34. The molecule has 0 aromatic rings. The lowest BCUT2D eigenvalue weighted by molar-refractivity contribution is -0.152. The SMILES string of the molecule is CC1(C)CCCNC1C(=O)NC1(C(=O)O)CCC1. The number of carbonyl (C=O) groups excluding carboxylic acids is 1.